The maximum Gasteiger partial charge on any atom is -0.0160 e. The molecule has 0 nitrogen and oxygen atoms in total. The van der Waals surface area contributed by atoms with Crippen LogP contribution in [0.1, 0.15) is 34.1 Å². The molecule has 1 aliphatic rings. The van der Waals surface area contributed by atoms with Crippen LogP contribution >= 0.6 is 0 Å². The Morgan fingerprint density at radius 2 is 2.00 bits per heavy atom. The molecule has 0 unspecified atom stereocenters. The summed E-state index contributed by atoms with van der Waals surface area (Å²) < 4.78 is 0. The van der Waals surface area contributed by atoms with Gasteiger partial charge in [-0.05, 0) is 37.0 Å². The Kier molecular flexibility index (Phi) is 6.44. The number of hydrogen-bond acceptors (Lipinski definition) is 0. The van der Waals surface area contributed by atoms with Crippen LogP contribution in [0.2, 0.25) is 0 Å². The van der Waals surface area contributed by atoms with Gasteiger partial charge in [0.25, 0.3) is 0 Å². The molecule has 0 aromatic carbocycles. The Bertz CT molecular complexity index is 322. The second kappa shape index (κ2) is 7.05. The van der Waals surface area contributed by atoms with Gasteiger partial charge in [0, 0.05) is 0 Å². The number of allylic oxidation sites excluding steroid dienone is 8. The third-order valence-electron chi connectivity index (χ3n) is 2.22. The van der Waals surface area contributed by atoms with E-state index in [1.807, 2.05) is 26.8 Å². The molecule has 0 atom stereocenters. The summed E-state index contributed by atoms with van der Waals surface area (Å²) in [6.07, 6.45) is 9.41. The van der Waals surface area contributed by atoms with Crippen molar-refractivity contribution in [1.29, 1.82) is 0 Å². The molecular weight excluding hydrogens is 180 g/mol. The van der Waals surface area contributed by atoms with Gasteiger partial charge in [0.05, 0.1) is 0 Å². The standard InChI is InChI=1S/C13H16.C2H6/c1-5-12-11(4)8-6-7-9-13(12)10(2)3;1-2/h5,7-9H,1-2,6H2,3-4H3;1-2H3. The third-order valence-corrected chi connectivity index (χ3v) is 2.22. The van der Waals surface area contributed by atoms with Crippen LogP contribution in [0, 0.1) is 0 Å². The highest BCUT2D eigenvalue weighted by Gasteiger charge is 2.05. The minimum absolute atomic E-state index is 1.000. The van der Waals surface area contributed by atoms with E-state index < -0.39 is 0 Å². The van der Waals surface area contributed by atoms with Crippen LogP contribution in [0.25, 0.3) is 0 Å². The first-order chi connectivity index (χ1) is 7.16. The number of hydrogen-bond donors (Lipinski definition) is 0. The Morgan fingerprint density at radius 1 is 1.40 bits per heavy atom. The summed E-state index contributed by atoms with van der Waals surface area (Å²) in [5.74, 6) is 0. The average molecular weight is 202 g/mol. The summed E-state index contributed by atoms with van der Waals surface area (Å²) in [6, 6.07) is 0. The Morgan fingerprint density at radius 3 is 2.47 bits per heavy atom. The second-order valence-corrected chi connectivity index (χ2v) is 3.34. The van der Waals surface area contributed by atoms with Crippen molar-refractivity contribution in [2.45, 2.75) is 34.1 Å². The van der Waals surface area contributed by atoms with E-state index in [0.29, 0.717) is 0 Å². The topological polar surface area (TPSA) is 0 Å². The lowest BCUT2D eigenvalue weighted by atomic mass is 9.98. The van der Waals surface area contributed by atoms with Gasteiger partial charge in [-0.15, -0.1) is 0 Å². The van der Waals surface area contributed by atoms with Crippen molar-refractivity contribution >= 4 is 0 Å². The van der Waals surface area contributed by atoms with Gasteiger partial charge in [-0.25, -0.2) is 0 Å². The van der Waals surface area contributed by atoms with Crippen molar-refractivity contribution in [3.8, 4) is 0 Å². The molecule has 0 radical (unpaired) electrons. The highest BCUT2D eigenvalue weighted by molar-refractivity contribution is 5.54. The Balaban J connectivity index is 0.000000921. The second-order valence-electron chi connectivity index (χ2n) is 3.34. The summed E-state index contributed by atoms with van der Waals surface area (Å²) in [6.45, 7) is 16.0. The SMILES string of the molecule is C=CC1=C(C(=C)C)C=CCC=C1C.CC. The van der Waals surface area contributed by atoms with Crippen LogP contribution in [0.15, 0.2) is 59.8 Å². The molecule has 0 heteroatoms. The van der Waals surface area contributed by atoms with Gasteiger partial charge in [0.2, 0.25) is 0 Å². The molecule has 82 valence electrons. The van der Waals surface area contributed by atoms with Crippen molar-refractivity contribution < 1.29 is 0 Å². The van der Waals surface area contributed by atoms with Gasteiger partial charge in [-0.1, -0.05) is 56.9 Å². The van der Waals surface area contributed by atoms with E-state index in [-0.39, 0.29) is 0 Å². The molecule has 15 heavy (non-hydrogen) atoms. The molecule has 0 bridgehead atoms. The van der Waals surface area contributed by atoms with Crippen molar-refractivity contribution in [2.24, 2.45) is 0 Å². The summed E-state index contributed by atoms with van der Waals surface area (Å²) in [5.41, 5.74) is 4.81. The van der Waals surface area contributed by atoms with Gasteiger partial charge >= 0.3 is 0 Å². The van der Waals surface area contributed by atoms with E-state index in [2.05, 4.69) is 38.3 Å². The molecule has 0 aliphatic heterocycles. The lowest BCUT2D eigenvalue weighted by Crippen LogP contribution is -1.88. The first-order valence-corrected chi connectivity index (χ1v) is 5.53. The lowest BCUT2D eigenvalue weighted by Gasteiger charge is -2.07. The lowest BCUT2D eigenvalue weighted by molar-refractivity contribution is 1.31. The van der Waals surface area contributed by atoms with Crippen LogP contribution in [0.3, 0.4) is 0 Å². The predicted octanol–water partition coefficient (Wildman–Crippen LogP) is 4.98. The largest absolute Gasteiger partial charge is 0.0984 e. The van der Waals surface area contributed by atoms with Gasteiger partial charge in [0.1, 0.15) is 0 Å². The molecule has 1 aliphatic carbocycles. The molecule has 0 saturated carbocycles. The third kappa shape index (κ3) is 3.75. The van der Waals surface area contributed by atoms with E-state index in [9.17, 15) is 0 Å². The van der Waals surface area contributed by atoms with Gasteiger partial charge in [0.15, 0.2) is 0 Å². The van der Waals surface area contributed by atoms with Crippen molar-refractivity contribution in [2.75, 3.05) is 0 Å². The van der Waals surface area contributed by atoms with Crippen LogP contribution in [-0.4, -0.2) is 0 Å². The molecule has 0 aromatic heterocycles. The fourth-order valence-corrected chi connectivity index (χ4v) is 1.49. The zero-order valence-corrected chi connectivity index (χ0v) is 10.4. The highest BCUT2D eigenvalue weighted by atomic mass is 14.1. The molecular formula is C15H22. The average Bonchev–Trinajstić information content (AvgIpc) is 2.42. The van der Waals surface area contributed by atoms with Crippen LogP contribution in [-0.2, 0) is 0 Å². The fourth-order valence-electron chi connectivity index (χ4n) is 1.49. The number of rotatable bonds is 2. The maximum atomic E-state index is 3.97. The quantitative estimate of drug-likeness (QED) is 0.592. The molecule has 0 amide bonds. The molecule has 0 saturated heterocycles. The molecule has 0 aromatic rings. The first-order valence-electron chi connectivity index (χ1n) is 5.53. The van der Waals surface area contributed by atoms with E-state index in [4.69, 9.17) is 0 Å². The van der Waals surface area contributed by atoms with Crippen molar-refractivity contribution in [3.05, 3.63) is 59.8 Å². The van der Waals surface area contributed by atoms with Crippen LogP contribution < -0.4 is 0 Å². The zero-order valence-electron chi connectivity index (χ0n) is 10.4. The van der Waals surface area contributed by atoms with E-state index in [1.165, 1.54) is 16.7 Å². The molecule has 0 spiro atoms. The summed E-state index contributed by atoms with van der Waals surface area (Å²) in [5, 5.41) is 0. The van der Waals surface area contributed by atoms with E-state index in [0.717, 1.165) is 12.0 Å². The summed E-state index contributed by atoms with van der Waals surface area (Å²) in [4.78, 5) is 0. The zero-order chi connectivity index (χ0) is 11.8. The molecule has 1 rings (SSSR count). The highest BCUT2D eigenvalue weighted by Crippen LogP contribution is 2.24. The van der Waals surface area contributed by atoms with Gasteiger partial charge in [-0.3, -0.25) is 0 Å². The minimum atomic E-state index is 1.000. The molecule has 0 N–H and O–H groups in total. The normalized spacial score (nSPS) is 14.8. The smallest absolute Gasteiger partial charge is 0.0160 e. The maximum absolute atomic E-state index is 3.97. The first kappa shape index (κ1) is 13.7. The van der Waals surface area contributed by atoms with Crippen molar-refractivity contribution in [3.63, 3.8) is 0 Å². The van der Waals surface area contributed by atoms with E-state index in [1.54, 1.807) is 0 Å². The fraction of sp³-hybridized carbons (Fsp3) is 0.333. The minimum Gasteiger partial charge on any atom is -0.0984 e. The van der Waals surface area contributed by atoms with Crippen LogP contribution in [0.4, 0.5) is 0 Å². The molecule has 0 heterocycles. The van der Waals surface area contributed by atoms with Crippen molar-refractivity contribution in [1.82, 2.24) is 0 Å². The van der Waals surface area contributed by atoms with Crippen LogP contribution in [0.5, 0.6) is 0 Å². The Labute approximate surface area is 94.4 Å². The summed E-state index contributed by atoms with van der Waals surface area (Å²) >= 11 is 0. The molecule has 0 fully saturated rings. The predicted molar refractivity (Wildman–Crippen MR) is 70.9 cm³/mol. The monoisotopic (exact) mass is 202 g/mol. The Hall–Kier alpha value is -1.30. The summed E-state index contributed by atoms with van der Waals surface area (Å²) in [7, 11) is 0. The van der Waals surface area contributed by atoms with E-state index >= 15 is 0 Å². The van der Waals surface area contributed by atoms with Gasteiger partial charge < -0.3 is 0 Å². The van der Waals surface area contributed by atoms with Gasteiger partial charge in [-0.2, -0.15) is 0 Å².